The van der Waals surface area contributed by atoms with Gasteiger partial charge in [0, 0.05) is 24.8 Å². The third-order valence-electron chi connectivity index (χ3n) is 2.92. The highest BCUT2D eigenvalue weighted by atomic mass is 35.5. The van der Waals surface area contributed by atoms with Crippen molar-refractivity contribution in [3.63, 3.8) is 0 Å². The van der Waals surface area contributed by atoms with Crippen LogP contribution in [0.5, 0.6) is 0 Å². The number of hydrogen-bond acceptors (Lipinski definition) is 4. The fraction of sp³-hybridized carbons (Fsp3) is 0.214. The van der Waals surface area contributed by atoms with Gasteiger partial charge in [-0.25, -0.2) is 18.1 Å². The number of nitrogens with zero attached hydrogens (tertiary/aromatic N) is 1. The van der Waals surface area contributed by atoms with Gasteiger partial charge in [0.25, 0.3) is 0 Å². The zero-order valence-electron chi connectivity index (χ0n) is 11.5. The summed E-state index contributed by atoms with van der Waals surface area (Å²) in [5.74, 6) is 0.620. The van der Waals surface area contributed by atoms with Gasteiger partial charge < -0.3 is 5.32 Å². The molecule has 0 amide bonds. The van der Waals surface area contributed by atoms with Gasteiger partial charge in [0.1, 0.15) is 10.7 Å². The molecule has 7 heteroatoms. The number of aromatic nitrogens is 1. The fourth-order valence-corrected chi connectivity index (χ4v) is 2.85. The molecule has 0 aliphatic heterocycles. The first kappa shape index (κ1) is 15.8. The minimum Gasteiger partial charge on any atom is -0.373 e. The molecule has 0 bridgehead atoms. The number of halogens is 1. The Kier molecular flexibility index (Phi) is 5.17. The minimum atomic E-state index is -3.53. The lowest BCUT2D eigenvalue weighted by Crippen LogP contribution is -2.26. The number of pyridine rings is 1. The van der Waals surface area contributed by atoms with Gasteiger partial charge >= 0.3 is 0 Å². The van der Waals surface area contributed by atoms with Crippen molar-refractivity contribution in [3.8, 4) is 0 Å². The molecule has 0 radical (unpaired) electrons. The normalized spacial score (nSPS) is 11.3. The van der Waals surface area contributed by atoms with Crippen molar-refractivity contribution in [2.45, 2.75) is 11.3 Å². The SMILES string of the molecule is CNc1ccc(S(=O)(=O)NCCc2ccc(Cl)cc2)cn1. The molecule has 0 unspecified atom stereocenters. The van der Waals surface area contributed by atoms with Gasteiger partial charge in [-0.15, -0.1) is 0 Å². The molecule has 1 heterocycles. The van der Waals surface area contributed by atoms with E-state index in [4.69, 9.17) is 11.6 Å². The van der Waals surface area contributed by atoms with Crippen LogP contribution in [0.3, 0.4) is 0 Å². The van der Waals surface area contributed by atoms with E-state index in [1.54, 1.807) is 25.2 Å². The maximum absolute atomic E-state index is 12.1. The third kappa shape index (κ3) is 4.42. The zero-order chi connectivity index (χ0) is 15.3. The van der Waals surface area contributed by atoms with Gasteiger partial charge in [0.15, 0.2) is 0 Å². The first-order valence-electron chi connectivity index (χ1n) is 6.39. The Morgan fingerprint density at radius 3 is 2.43 bits per heavy atom. The van der Waals surface area contributed by atoms with E-state index in [1.165, 1.54) is 12.3 Å². The van der Waals surface area contributed by atoms with Crippen LogP contribution < -0.4 is 10.0 Å². The molecule has 0 aliphatic carbocycles. The number of rotatable bonds is 6. The topological polar surface area (TPSA) is 71.1 Å². The molecule has 0 aliphatic rings. The molecule has 2 N–H and O–H groups in total. The molecule has 0 spiro atoms. The summed E-state index contributed by atoms with van der Waals surface area (Å²) in [5, 5.41) is 3.50. The van der Waals surface area contributed by atoms with Gasteiger partial charge in [0.2, 0.25) is 10.0 Å². The van der Waals surface area contributed by atoms with Gasteiger partial charge in [-0.05, 0) is 36.2 Å². The average Bonchev–Trinajstić information content (AvgIpc) is 2.49. The van der Waals surface area contributed by atoms with E-state index in [2.05, 4.69) is 15.0 Å². The second-order valence-corrected chi connectivity index (χ2v) is 6.61. The predicted octanol–water partition coefficient (Wildman–Crippen LogP) is 2.30. The molecule has 2 rings (SSSR count). The van der Waals surface area contributed by atoms with Crippen LogP contribution in [-0.2, 0) is 16.4 Å². The van der Waals surface area contributed by atoms with Crippen LogP contribution in [0.4, 0.5) is 5.82 Å². The summed E-state index contributed by atoms with van der Waals surface area (Å²) in [7, 11) is -1.81. The molecule has 0 atom stereocenters. The number of nitrogens with one attached hydrogen (secondary N) is 2. The first-order valence-corrected chi connectivity index (χ1v) is 8.25. The first-order chi connectivity index (χ1) is 10.0. The average molecular weight is 326 g/mol. The zero-order valence-corrected chi connectivity index (χ0v) is 13.1. The number of benzene rings is 1. The van der Waals surface area contributed by atoms with Gasteiger partial charge in [0.05, 0.1) is 0 Å². The van der Waals surface area contributed by atoms with Crippen LogP contribution in [0.15, 0.2) is 47.5 Å². The summed E-state index contributed by atoms with van der Waals surface area (Å²) in [5.41, 5.74) is 1.02. The lowest BCUT2D eigenvalue weighted by atomic mass is 10.2. The molecular formula is C14H16ClN3O2S. The Morgan fingerprint density at radius 2 is 1.86 bits per heavy atom. The number of hydrogen-bond donors (Lipinski definition) is 2. The van der Waals surface area contributed by atoms with Crippen molar-refractivity contribution in [3.05, 3.63) is 53.2 Å². The summed E-state index contributed by atoms with van der Waals surface area (Å²) in [4.78, 5) is 4.15. The molecule has 21 heavy (non-hydrogen) atoms. The van der Waals surface area contributed by atoms with E-state index in [0.29, 0.717) is 23.8 Å². The van der Waals surface area contributed by atoms with Crippen molar-refractivity contribution in [2.24, 2.45) is 0 Å². The van der Waals surface area contributed by atoms with E-state index < -0.39 is 10.0 Å². The van der Waals surface area contributed by atoms with Crippen molar-refractivity contribution in [1.29, 1.82) is 0 Å². The molecule has 2 aromatic rings. The van der Waals surface area contributed by atoms with E-state index in [-0.39, 0.29) is 4.90 Å². The molecule has 5 nitrogen and oxygen atoms in total. The fourth-order valence-electron chi connectivity index (χ4n) is 1.75. The van der Waals surface area contributed by atoms with Crippen LogP contribution in [0.2, 0.25) is 5.02 Å². The highest BCUT2D eigenvalue weighted by molar-refractivity contribution is 7.89. The minimum absolute atomic E-state index is 0.151. The highest BCUT2D eigenvalue weighted by Gasteiger charge is 2.13. The van der Waals surface area contributed by atoms with Gasteiger partial charge in [-0.2, -0.15) is 0 Å². The Bertz CT molecular complexity index is 685. The molecular weight excluding hydrogens is 310 g/mol. The number of sulfonamides is 1. The van der Waals surface area contributed by atoms with Gasteiger partial charge in [-0.1, -0.05) is 23.7 Å². The summed E-state index contributed by atoms with van der Waals surface area (Å²) in [6, 6.07) is 10.5. The quantitative estimate of drug-likeness (QED) is 0.855. The largest absolute Gasteiger partial charge is 0.373 e. The van der Waals surface area contributed by atoms with Crippen LogP contribution >= 0.6 is 11.6 Å². The van der Waals surface area contributed by atoms with Crippen molar-refractivity contribution in [2.75, 3.05) is 18.9 Å². The Hall–Kier alpha value is -1.63. The van der Waals surface area contributed by atoms with E-state index in [9.17, 15) is 8.42 Å². The van der Waals surface area contributed by atoms with E-state index in [0.717, 1.165) is 5.56 Å². The van der Waals surface area contributed by atoms with Gasteiger partial charge in [-0.3, -0.25) is 0 Å². The van der Waals surface area contributed by atoms with E-state index in [1.807, 2.05) is 12.1 Å². The summed E-state index contributed by atoms with van der Waals surface area (Å²) < 4.78 is 26.7. The standard InChI is InChI=1S/C14H16ClN3O2S/c1-16-14-7-6-13(10-17-14)21(19,20)18-9-8-11-2-4-12(15)5-3-11/h2-7,10,18H,8-9H2,1H3,(H,16,17). The third-order valence-corrected chi connectivity index (χ3v) is 4.62. The Labute approximate surface area is 129 Å². The summed E-state index contributed by atoms with van der Waals surface area (Å²) in [6.45, 7) is 0.317. The molecule has 0 saturated carbocycles. The maximum atomic E-state index is 12.1. The van der Waals surface area contributed by atoms with E-state index >= 15 is 0 Å². The van der Waals surface area contributed by atoms with Crippen LogP contribution in [0.1, 0.15) is 5.56 Å². The lowest BCUT2D eigenvalue weighted by molar-refractivity contribution is 0.581. The van der Waals surface area contributed by atoms with Crippen molar-refractivity contribution < 1.29 is 8.42 Å². The summed E-state index contributed by atoms with van der Waals surface area (Å²) in [6.07, 6.45) is 1.93. The second-order valence-electron chi connectivity index (χ2n) is 4.40. The monoisotopic (exact) mass is 325 g/mol. The molecule has 112 valence electrons. The van der Waals surface area contributed by atoms with Crippen LogP contribution in [0.25, 0.3) is 0 Å². The van der Waals surface area contributed by atoms with Crippen molar-refractivity contribution >= 4 is 27.4 Å². The highest BCUT2D eigenvalue weighted by Crippen LogP contribution is 2.11. The Morgan fingerprint density at radius 1 is 1.14 bits per heavy atom. The summed E-state index contributed by atoms with van der Waals surface area (Å²) >= 11 is 5.80. The smallest absolute Gasteiger partial charge is 0.242 e. The van der Waals surface area contributed by atoms with Crippen molar-refractivity contribution in [1.82, 2.24) is 9.71 Å². The molecule has 1 aromatic carbocycles. The second kappa shape index (κ2) is 6.89. The Balaban J connectivity index is 1.95. The molecule has 1 aromatic heterocycles. The predicted molar refractivity (Wildman–Crippen MR) is 84.1 cm³/mol. The number of anilines is 1. The molecule has 0 fully saturated rings. The van der Waals surface area contributed by atoms with Crippen LogP contribution in [0, 0.1) is 0 Å². The molecule has 0 saturated heterocycles. The maximum Gasteiger partial charge on any atom is 0.242 e. The van der Waals surface area contributed by atoms with Crippen LogP contribution in [-0.4, -0.2) is 27.0 Å². The lowest BCUT2D eigenvalue weighted by Gasteiger charge is -2.07.